The predicted octanol–water partition coefficient (Wildman–Crippen LogP) is 4.65. The van der Waals surface area contributed by atoms with Crippen molar-refractivity contribution in [2.75, 3.05) is 5.33 Å². The lowest BCUT2D eigenvalue weighted by Crippen LogP contribution is -2.17. The molecule has 0 unspecified atom stereocenters. The van der Waals surface area contributed by atoms with Gasteiger partial charge in [0, 0.05) is 11.2 Å². The summed E-state index contributed by atoms with van der Waals surface area (Å²) < 4.78 is 39.9. The zero-order valence-corrected chi connectivity index (χ0v) is 11.2. The average molecular weight is 332 g/mol. The Kier molecular flexibility index (Phi) is 5.59. The van der Waals surface area contributed by atoms with Gasteiger partial charge < -0.3 is 4.74 Å². The van der Waals surface area contributed by atoms with Crippen molar-refractivity contribution >= 4 is 27.5 Å². The molecule has 0 aliphatic carbocycles. The third kappa shape index (κ3) is 5.17. The number of hydrogen-bond acceptors (Lipinski definition) is 1. The zero-order chi connectivity index (χ0) is 12.9. The van der Waals surface area contributed by atoms with Gasteiger partial charge in [0.05, 0.1) is 0 Å². The number of rotatable bonds is 5. The van der Waals surface area contributed by atoms with Crippen LogP contribution in [0.3, 0.4) is 0 Å². The number of aryl methyl sites for hydroxylation is 1. The van der Waals surface area contributed by atoms with Gasteiger partial charge in [-0.3, -0.25) is 0 Å². The van der Waals surface area contributed by atoms with Gasteiger partial charge >= 0.3 is 6.36 Å². The van der Waals surface area contributed by atoms with Gasteiger partial charge in [0.15, 0.2) is 0 Å². The van der Waals surface area contributed by atoms with Crippen LogP contribution >= 0.6 is 27.5 Å². The van der Waals surface area contributed by atoms with E-state index in [1.54, 1.807) is 6.07 Å². The highest BCUT2D eigenvalue weighted by Crippen LogP contribution is 2.26. The van der Waals surface area contributed by atoms with E-state index in [9.17, 15) is 13.2 Å². The molecule has 0 spiro atoms. The van der Waals surface area contributed by atoms with Gasteiger partial charge in [0.1, 0.15) is 5.75 Å². The molecule has 96 valence electrons. The molecule has 0 amide bonds. The van der Waals surface area contributed by atoms with Crippen LogP contribution in [0.15, 0.2) is 18.2 Å². The predicted molar refractivity (Wildman–Crippen MR) is 64.8 cm³/mol. The van der Waals surface area contributed by atoms with Crippen LogP contribution in [0.25, 0.3) is 0 Å². The van der Waals surface area contributed by atoms with Crippen molar-refractivity contribution in [1.82, 2.24) is 0 Å². The molecular formula is C11H11BrClF3O. The Balaban J connectivity index is 2.84. The van der Waals surface area contributed by atoms with E-state index in [-0.39, 0.29) is 11.6 Å². The summed E-state index contributed by atoms with van der Waals surface area (Å²) in [4.78, 5) is 0. The van der Waals surface area contributed by atoms with Gasteiger partial charge in [-0.05, 0) is 36.1 Å². The second-order valence-corrected chi connectivity index (χ2v) is 4.46. The molecule has 1 aromatic carbocycles. The zero-order valence-electron chi connectivity index (χ0n) is 8.86. The molecule has 1 nitrogen and oxygen atoms in total. The van der Waals surface area contributed by atoms with Crippen molar-refractivity contribution in [2.45, 2.75) is 25.1 Å². The largest absolute Gasteiger partial charge is 0.573 e. The Hall–Kier alpha value is -0.420. The minimum Gasteiger partial charge on any atom is -0.406 e. The quantitative estimate of drug-likeness (QED) is 0.714. The lowest BCUT2D eigenvalue weighted by molar-refractivity contribution is -0.274. The second-order valence-electron chi connectivity index (χ2n) is 3.40. The molecule has 17 heavy (non-hydrogen) atoms. The molecule has 0 aliphatic heterocycles. The summed E-state index contributed by atoms with van der Waals surface area (Å²) in [5, 5.41) is 0.843. The molecule has 0 aromatic heterocycles. The monoisotopic (exact) mass is 330 g/mol. The van der Waals surface area contributed by atoms with Crippen LogP contribution in [0, 0.1) is 0 Å². The highest BCUT2D eigenvalue weighted by atomic mass is 79.9. The maximum Gasteiger partial charge on any atom is 0.573 e. The Morgan fingerprint density at radius 2 is 1.94 bits per heavy atom. The van der Waals surface area contributed by atoms with Crippen LogP contribution in [0.5, 0.6) is 5.75 Å². The normalized spacial score (nSPS) is 11.6. The average Bonchev–Trinajstić information content (AvgIpc) is 2.25. The van der Waals surface area contributed by atoms with E-state index in [0.717, 1.165) is 23.7 Å². The lowest BCUT2D eigenvalue weighted by atomic mass is 10.0. The van der Waals surface area contributed by atoms with Gasteiger partial charge in [-0.1, -0.05) is 22.0 Å². The van der Waals surface area contributed by atoms with Gasteiger partial charge in [0.25, 0.3) is 0 Å². The van der Waals surface area contributed by atoms with E-state index >= 15 is 0 Å². The summed E-state index contributed by atoms with van der Waals surface area (Å²) in [5.41, 5.74) is 1.63. The topological polar surface area (TPSA) is 9.23 Å². The molecule has 6 heteroatoms. The maximum atomic E-state index is 12.0. The van der Waals surface area contributed by atoms with Crippen LogP contribution in [-0.2, 0) is 12.3 Å². The summed E-state index contributed by atoms with van der Waals surface area (Å²) in [7, 11) is 0. The van der Waals surface area contributed by atoms with E-state index in [2.05, 4.69) is 20.7 Å². The molecule has 0 aliphatic rings. The van der Waals surface area contributed by atoms with Gasteiger partial charge in [-0.2, -0.15) is 0 Å². The molecule has 0 radical (unpaired) electrons. The van der Waals surface area contributed by atoms with Crippen LogP contribution < -0.4 is 4.74 Å². The van der Waals surface area contributed by atoms with Crippen molar-refractivity contribution in [3.63, 3.8) is 0 Å². The fourth-order valence-electron chi connectivity index (χ4n) is 1.42. The number of alkyl halides is 5. The van der Waals surface area contributed by atoms with Gasteiger partial charge in [-0.25, -0.2) is 0 Å². The third-order valence-electron chi connectivity index (χ3n) is 2.14. The number of ether oxygens (including phenoxy) is 1. The van der Waals surface area contributed by atoms with Crippen molar-refractivity contribution in [1.29, 1.82) is 0 Å². The minimum atomic E-state index is -4.67. The third-order valence-corrected chi connectivity index (χ3v) is 2.98. The standard InChI is InChI=1S/C11H11BrClF3O/c12-5-1-2-8-3-4-10(6-9(8)7-13)17-11(14,15)16/h3-4,6H,1-2,5,7H2. The molecular weight excluding hydrogens is 320 g/mol. The highest BCUT2D eigenvalue weighted by molar-refractivity contribution is 9.09. The SMILES string of the molecule is FC(F)(F)Oc1ccc(CCCBr)c(CCl)c1. The molecule has 1 rings (SSSR count). The Morgan fingerprint density at radius 1 is 1.24 bits per heavy atom. The van der Waals surface area contributed by atoms with Gasteiger partial charge in [-0.15, -0.1) is 24.8 Å². The Labute approximate surface area is 111 Å². The molecule has 0 N–H and O–H groups in total. The van der Waals surface area contributed by atoms with Crippen molar-refractivity contribution in [3.05, 3.63) is 29.3 Å². The van der Waals surface area contributed by atoms with Crippen molar-refractivity contribution in [2.24, 2.45) is 0 Å². The number of benzene rings is 1. The van der Waals surface area contributed by atoms with Crippen LogP contribution in [-0.4, -0.2) is 11.7 Å². The smallest absolute Gasteiger partial charge is 0.406 e. The van der Waals surface area contributed by atoms with E-state index in [4.69, 9.17) is 11.6 Å². The fourth-order valence-corrected chi connectivity index (χ4v) is 1.95. The Bertz CT molecular complexity index is 368. The highest BCUT2D eigenvalue weighted by Gasteiger charge is 2.31. The number of halogens is 5. The van der Waals surface area contributed by atoms with E-state index < -0.39 is 6.36 Å². The first-order valence-corrected chi connectivity index (χ1v) is 6.61. The molecule has 0 bridgehead atoms. The molecule has 0 saturated carbocycles. The molecule has 0 saturated heterocycles. The maximum absolute atomic E-state index is 12.0. The summed E-state index contributed by atoms with van der Waals surface area (Å²) in [5.74, 6) is -0.0529. The van der Waals surface area contributed by atoms with E-state index in [0.29, 0.717) is 5.56 Å². The first-order valence-electron chi connectivity index (χ1n) is 4.95. The molecule has 1 aromatic rings. The van der Waals surface area contributed by atoms with Crippen LogP contribution in [0.1, 0.15) is 17.5 Å². The lowest BCUT2D eigenvalue weighted by Gasteiger charge is -2.12. The fraction of sp³-hybridized carbons (Fsp3) is 0.455. The van der Waals surface area contributed by atoms with E-state index in [1.165, 1.54) is 12.1 Å². The first-order chi connectivity index (χ1) is 7.96. The summed E-state index contributed by atoms with van der Waals surface area (Å²) in [6.07, 6.45) is -2.98. The van der Waals surface area contributed by atoms with Crippen LogP contribution in [0.4, 0.5) is 13.2 Å². The van der Waals surface area contributed by atoms with Crippen LogP contribution in [0.2, 0.25) is 0 Å². The van der Waals surface area contributed by atoms with Crippen molar-refractivity contribution < 1.29 is 17.9 Å². The van der Waals surface area contributed by atoms with E-state index in [1.807, 2.05) is 0 Å². The number of hydrogen-bond donors (Lipinski definition) is 0. The first kappa shape index (κ1) is 14.6. The Morgan fingerprint density at radius 3 is 2.47 bits per heavy atom. The molecule has 0 heterocycles. The van der Waals surface area contributed by atoms with Crippen molar-refractivity contribution in [3.8, 4) is 5.75 Å². The molecule has 0 fully saturated rings. The van der Waals surface area contributed by atoms with Gasteiger partial charge in [0.2, 0.25) is 0 Å². The summed E-state index contributed by atoms with van der Waals surface area (Å²) in [6, 6.07) is 4.28. The minimum absolute atomic E-state index is 0.173. The molecule has 0 atom stereocenters. The summed E-state index contributed by atoms with van der Waals surface area (Å²) >= 11 is 9.01. The summed E-state index contributed by atoms with van der Waals surface area (Å²) in [6.45, 7) is 0. The second kappa shape index (κ2) is 6.50.